The van der Waals surface area contributed by atoms with Crippen molar-refractivity contribution < 1.29 is 4.79 Å². The van der Waals surface area contributed by atoms with E-state index in [0.29, 0.717) is 13.1 Å². The van der Waals surface area contributed by atoms with Gasteiger partial charge in [0.2, 0.25) is 0 Å². The number of carbonyl (C=O) groups is 1. The number of benzene rings is 1. The first kappa shape index (κ1) is 18.2. The highest BCUT2D eigenvalue weighted by Crippen LogP contribution is 2.29. The molecule has 0 aliphatic carbocycles. The van der Waals surface area contributed by atoms with Gasteiger partial charge >= 0.3 is 6.03 Å². The number of aromatic nitrogens is 3. The molecule has 0 saturated carbocycles. The lowest BCUT2D eigenvalue weighted by Crippen LogP contribution is -2.39. The summed E-state index contributed by atoms with van der Waals surface area (Å²) in [5.74, 6) is 0.941. The monoisotopic (exact) mass is 375 g/mol. The van der Waals surface area contributed by atoms with Crippen LogP contribution in [0.3, 0.4) is 0 Å². The predicted molar refractivity (Wildman–Crippen MR) is 109 cm³/mol. The van der Waals surface area contributed by atoms with E-state index in [1.54, 1.807) is 12.4 Å². The minimum atomic E-state index is 0.0154. The summed E-state index contributed by atoms with van der Waals surface area (Å²) < 4.78 is 2.26. The van der Waals surface area contributed by atoms with Crippen molar-refractivity contribution in [3.05, 3.63) is 72.3 Å². The number of amides is 2. The Morgan fingerprint density at radius 3 is 2.75 bits per heavy atom. The smallest absolute Gasteiger partial charge is 0.317 e. The fraction of sp³-hybridized carbons (Fsp3) is 0.318. The highest BCUT2D eigenvalue weighted by Gasteiger charge is 2.29. The molecule has 0 spiro atoms. The van der Waals surface area contributed by atoms with Gasteiger partial charge < -0.3 is 14.8 Å². The number of carbonyl (C=O) groups excluding carboxylic acids is 1. The number of aryl methyl sites for hydroxylation is 1. The second-order valence-electron chi connectivity index (χ2n) is 7.19. The number of pyridine rings is 1. The molecule has 144 valence electrons. The summed E-state index contributed by atoms with van der Waals surface area (Å²) in [7, 11) is 0. The zero-order valence-corrected chi connectivity index (χ0v) is 16.1. The van der Waals surface area contributed by atoms with E-state index in [0.717, 1.165) is 36.5 Å². The SMILES string of the molecule is Cc1cnc(-c2ccncc2)n1C1CCN(C(=O)NCCc2ccccc2)C1. The molecule has 3 aromatic rings. The molecule has 1 saturated heterocycles. The Bertz CT molecular complexity index is 923. The minimum Gasteiger partial charge on any atom is -0.338 e. The first-order chi connectivity index (χ1) is 13.7. The van der Waals surface area contributed by atoms with Crippen LogP contribution in [0.5, 0.6) is 0 Å². The Morgan fingerprint density at radius 2 is 1.96 bits per heavy atom. The van der Waals surface area contributed by atoms with Crippen LogP contribution in [0, 0.1) is 6.92 Å². The van der Waals surface area contributed by atoms with Crippen molar-refractivity contribution in [2.45, 2.75) is 25.8 Å². The lowest BCUT2D eigenvalue weighted by Gasteiger charge is -2.20. The maximum absolute atomic E-state index is 12.6. The Kier molecular flexibility index (Phi) is 5.37. The fourth-order valence-electron chi connectivity index (χ4n) is 3.83. The summed E-state index contributed by atoms with van der Waals surface area (Å²) in [4.78, 5) is 23.2. The normalized spacial score (nSPS) is 16.3. The lowest BCUT2D eigenvalue weighted by molar-refractivity contribution is 0.207. The molecule has 0 bridgehead atoms. The lowest BCUT2D eigenvalue weighted by atomic mass is 10.1. The van der Waals surface area contributed by atoms with Crippen molar-refractivity contribution in [2.75, 3.05) is 19.6 Å². The Balaban J connectivity index is 1.38. The van der Waals surface area contributed by atoms with E-state index in [4.69, 9.17) is 0 Å². The van der Waals surface area contributed by atoms with Gasteiger partial charge in [-0.15, -0.1) is 0 Å². The fourth-order valence-corrected chi connectivity index (χ4v) is 3.83. The van der Waals surface area contributed by atoms with Gasteiger partial charge in [-0.3, -0.25) is 4.98 Å². The summed E-state index contributed by atoms with van der Waals surface area (Å²) >= 11 is 0. The first-order valence-electron chi connectivity index (χ1n) is 9.73. The summed E-state index contributed by atoms with van der Waals surface area (Å²) in [5.41, 5.74) is 3.40. The Hall–Kier alpha value is -3.15. The van der Waals surface area contributed by atoms with Gasteiger partial charge in [0.25, 0.3) is 0 Å². The number of urea groups is 1. The van der Waals surface area contributed by atoms with E-state index in [1.165, 1.54) is 5.56 Å². The molecular formula is C22H25N5O. The van der Waals surface area contributed by atoms with Crippen LogP contribution in [0.4, 0.5) is 4.79 Å². The number of imidazole rings is 1. The first-order valence-corrected chi connectivity index (χ1v) is 9.73. The largest absolute Gasteiger partial charge is 0.338 e. The molecule has 1 atom stereocenters. The molecule has 2 aromatic heterocycles. The minimum absolute atomic E-state index is 0.0154. The van der Waals surface area contributed by atoms with E-state index >= 15 is 0 Å². The zero-order chi connectivity index (χ0) is 19.3. The predicted octanol–water partition coefficient (Wildman–Crippen LogP) is 3.45. The highest BCUT2D eigenvalue weighted by molar-refractivity contribution is 5.74. The molecule has 1 aliphatic heterocycles. The van der Waals surface area contributed by atoms with Crippen LogP contribution in [0.15, 0.2) is 61.1 Å². The van der Waals surface area contributed by atoms with E-state index < -0.39 is 0 Å². The summed E-state index contributed by atoms with van der Waals surface area (Å²) in [6.45, 7) is 4.18. The van der Waals surface area contributed by atoms with Crippen LogP contribution in [0.2, 0.25) is 0 Å². The number of nitrogens with one attached hydrogen (secondary N) is 1. The zero-order valence-electron chi connectivity index (χ0n) is 16.1. The van der Waals surface area contributed by atoms with Crippen molar-refractivity contribution >= 4 is 6.03 Å². The van der Waals surface area contributed by atoms with E-state index in [2.05, 4.69) is 38.9 Å². The van der Waals surface area contributed by atoms with Gasteiger partial charge in [0.05, 0.1) is 6.04 Å². The van der Waals surface area contributed by atoms with Crippen LogP contribution in [-0.4, -0.2) is 45.1 Å². The number of nitrogens with zero attached hydrogens (tertiary/aromatic N) is 4. The topological polar surface area (TPSA) is 63.1 Å². The van der Waals surface area contributed by atoms with Crippen LogP contribution in [0.25, 0.3) is 11.4 Å². The molecule has 6 nitrogen and oxygen atoms in total. The molecule has 1 fully saturated rings. The van der Waals surface area contributed by atoms with Gasteiger partial charge in [-0.2, -0.15) is 0 Å². The van der Waals surface area contributed by atoms with Gasteiger partial charge in [-0.05, 0) is 37.5 Å². The van der Waals surface area contributed by atoms with Gasteiger partial charge in [0.15, 0.2) is 0 Å². The third kappa shape index (κ3) is 3.91. The molecular weight excluding hydrogens is 350 g/mol. The molecule has 1 aliphatic rings. The van der Waals surface area contributed by atoms with Crippen LogP contribution >= 0.6 is 0 Å². The van der Waals surface area contributed by atoms with Crippen molar-refractivity contribution in [1.82, 2.24) is 24.8 Å². The number of rotatable bonds is 5. The van der Waals surface area contributed by atoms with E-state index in [-0.39, 0.29) is 12.1 Å². The molecule has 1 unspecified atom stereocenters. The molecule has 6 heteroatoms. The highest BCUT2D eigenvalue weighted by atomic mass is 16.2. The molecule has 4 rings (SSSR count). The van der Waals surface area contributed by atoms with Crippen molar-refractivity contribution in [3.8, 4) is 11.4 Å². The molecule has 28 heavy (non-hydrogen) atoms. The van der Waals surface area contributed by atoms with E-state index in [1.807, 2.05) is 41.4 Å². The average molecular weight is 375 g/mol. The van der Waals surface area contributed by atoms with Gasteiger partial charge in [-0.1, -0.05) is 30.3 Å². The molecule has 1 N–H and O–H groups in total. The summed E-state index contributed by atoms with van der Waals surface area (Å²) in [6.07, 6.45) is 7.24. The van der Waals surface area contributed by atoms with Gasteiger partial charge in [0, 0.05) is 49.5 Å². The number of likely N-dealkylation sites (tertiary alicyclic amines) is 1. The third-order valence-corrected chi connectivity index (χ3v) is 5.27. The quantitative estimate of drug-likeness (QED) is 0.743. The van der Waals surface area contributed by atoms with Crippen LogP contribution in [0.1, 0.15) is 23.7 Å². The summed E-state index contributed by atoms with van der Waals surface area (Å²) in [5, 5.41) is 3.05. The standard InChI is InChI=1S/C22H25N5O/c1-17-15-25-21(19-8-11-23-12-9-19)27(17)20-10-14-26(16-20)22(28)24-13-7-18-5-3-2-4-6-18/h2-6,8-9,11-12,15,20H,7,10,13-14,16H2,1H3,(H,24,28). The molecule has 2 amide bonds. The van der Waals surface area contributed by atoms with E-state index in [9.17, 15) is 4.79 Å². The Morgan fingerprint density at radius 1 is 1.18 bits per heavy atom. The second-order valence-corrected chi connectivity index (χ2v) is 7.19. The maximum atomic E-state index is 12.6. The number of hydrogen-bond donors (Lipinski definition) is 1. The summed E-state index contributed by atoms with van der Waals surface area (Å²) in [6, 6.07) is 14.4. The van der Waals surface area contributed by atoms with Gasteiger partial charge in [-0.25, -0.2) is 9.78 Å². The third-order valence-electron chi connectivity index (χ3n) is 5.27. The maximum Gasteiger partial charge on any atom is 0.317 e. The average Bonchev–Trinajstić information content (AvgIpc) is 3.36. The molecule has 1 aromatic carbocycles. The Labute approximate surface area is 165 Å². The molecule has 3 heterocycles. The second kappa shape index (κ2) is 8.25. The van der Waals surface area contributed by atoms with Crippen molar-refractivity contribution in [2.24, 2.45) is 0 Å². The van der Waals surface area contributed by atoms with Crippen molar-refractivity contribution in [1.29, 1.82) is 0 Å². The van der Waals surface area contributed by atoms with Crippen LogP contribution in [-0.2, 0) is 6.42 Å². The molecule has 0 radical (unpaired) electrons. The van der Waals surface area contributed by atoms with Gasteiger partial charge in [0.1, 0.15) is 5.82 Å². The number of hydrogen-bond acceptors (Lipinski definition) is 3. The van der Waals surface area contributed by atoms with Crippen molar-refractivity contribution in [3.63, 3.8) is 0 Å². The van der Waals surface area contributed by atoms with Crippen LogP contribution < -0.4 is 5.32 Å².